The van der Waals surface area contributed by atoms with Gasteiger partial charge in [-0.15, -0.1) is 0 Å². The molecule has 1 atom stereocenters. The summed E-state index contributed by atoms with van der Waals surface area (Å²) in [5.41, 5.74) is 0.574. The van der Waals surface area contributed by atoms with Crippen LogP contribution < -0.4 is 21.5 Å². The summed E-state index contributed by atoms with van der Waals surface area (Å²) < 4.78 is 4.93. The van der Waals surface area contributed by atoms with Gasteiger partial charge in [0.2, 0.25) is 17.8 Å². The number of hydrogen-bond donors (Lipinski definition) is 4. The summed E-state index contributed by atoms with van der Waals surface area (Å²) in [5, 5.41) is 8.80. The number of esters is 1. The second-order valence-corrected chi connectivity index (χ2v) is 8.36. The Morgan fingerprint density at radius 2 is 1.89 bits per heavy atom. The Labute approximate surface area is 209 Å². The molecule has 1 aromatic heterocycles. The van der Waals surface area contributed by atoms with E-state index in [4.69, 9.17) is 27.9 Å². The first-order valence-electron chi connectivity index (χ1n) is 10.5. The fourth-order valence-corrected chi connectivity index (χ4v) is 3.96. The van der Waals surface area contributed by atoms with Crippen LogP contribution in [0.3, 0.4) is 0 Å². The van der Waals surface area contributed by atoms with Gasteiger partial charge in [0, 0.05) is 17.1 Å². The molecule has 0 radical (unpaired) electrons. The molecule has 2 aromatic carbocycles. The second kappa shape index (κ2) is 10.2. The van der Waals surface area contributed by atoms with Gasteiger partial charge < -0.3 is 20.7 Å². The van der Waals surface area contributed by atoms with Gasteiger partial charge in [0.05, 0.1) is 34.4 Å². The molecule has 0 spiro atoms. The number of rotatable bonds is 6. The number of ether oxygens (including phenoxy) is 1. The van der Waals surface area contributed by atoms with Crippen molar-refractivity contribution in [1.82, 2.24) is 9.97 Å². The molecule has 0 saturated carbocycles. The number of aromatic amines is 1. The van der Waals surface area contributed by atoms with Crippen molar-refractivity contribution in [3.63, 3.8) is 0 Å². The Morgan fingerprint density at radius 3 is 2.57 bits per heavy atom. The number of anilines is 4. The fraction of sp³-hybridized carbons (Fsp3) is 0.174. The van der Waals surface area contributed by atoms with Gasteiger partial charge in [0.1, 0.15) is 5.82 Å². The number of hydrogen-bond acceptors (Lipinski definition) is 7. The van der Waals surface area contributed by atoms with E-state index in [0.717, 1.165) is 0 Å². The standard InChI is InChI=1S/C23H19Cl2N5O5/c1-2-35-22(34)11-3-6-13(7-4-11)26-20(32)14-10-17(31)28-19-18(14)21(33)30-23(29-19)27-16-8-5-12(24)9-15(16)25/h3-9,14H,2,10H2,1H3,(H,26,32)(H3,27,28,29,30,31,33)/t14-/m1/s1. The summed E-state index contributed by atoms with van der Waals surface area (Å²) in [4.78, 5) is 56.8. The number of aromatic nitrogens is 2. The van der Waals surface area contributed by atoms with Crippen LogP contribution in [0.1, 0.15) is 35.2 Å². The van der Waals surface area contributed by atoms with E-state index in [-0.39, 0.29) is 30.4 Å². The Hall–Kier alpha value is -3.89. The van der Waals surface area contributed by atoms with Crippen molar-refractivity contribution in [2.75, 3.05) is 22.6 Å². The molecule has 1 aliphatic heterocycles. The molecule has 0 aliphatic carbocycles. The highest BCUT2D eigenvalue weighted by atomic mass is 35.5. The predicted molar refractivity (Wildman–Crippen MR) is 132 cm³/mol. The Morgan fingerprint density at radius 1 is 1.14 bits per heavy atom. The van der Waals surface area contributed by atoms with E-state index in [1.807, 2.05) is 0 Å². The van der Waals surface area contributed by atoms with Crippen molar-refractivity contribution in [2.24, 2.45) is 0 Å². The molecule has 4 rings (SSSR count). The molecule has 2 heterocycles. The molecule has 1 aliphatic rings. The van der Waals surface area contributed by atoms with Gasteiger partial charge in [-0.2, -0.15) is 4.98 Å². The van der Waals surface area contributed by atoms with E-state index in [0.29, 0.717) is 27.0 Å². The molecule has 10 nitrogen and oxygen atoms in total. The first-order chi connectivity index (χ1) is 16.7. The largest absolute Gasteiger partial charge is 0.462 e. The maximum absolute atomic E-state index is 13.0. The average Bonchev–Trinajstić information content (AvgIpc) is 2.80. The van der Waals surface area contributed by atoms with Crippen LogP contribution in [0.4, 0.5) is 23.1 Å². The lowest BCUT2D eigenvalue weighted by Crippen LogP contribution is -2.36. The Bertz CT molecular complexity index is 1370. The SMILES string of the molecule is CCOC(=O)c1ccc(NC(=O)[C@@H]2CC(=O)Nc3nc(Nc4ccc(Cl)cc4Cl)[nH]c(=O)c32)cc1. The van der Waals surface area contributed by atoms with Crippen molar-refractivity contribution in [3.05, 3.63) is 74.0 Å². The quantitative estimate of drug-likeness (QED) is 0.362. The summed E-state index contributed by atoms with van der Waals surface area (Å²) >= 11 is 12.1. The molecule has 35 heavy (non-hydrogen) atoms. The zero-order valence-corrected chi connectivity index (χ0v) is 19.8. The molecule has 2 amide bonds. The molecule has 3 aromatic rings. The van der Waals surface area contributed by atoms with Crippen molar-refractivity contribution in [3.8, 4) is 0 Å². The summed E-state index contributed by atoms with van der Waals surface area (Å²) in [6.07, 6.45) is -0.236. The number of nitrogens with one attached hydrogen (secondary N) is 4. The van der Waals surface area contributed by atoms with Gasteiger partial charge >= 0.3 is 5.97 Å². The normalized spacial score (nSPS) is 14.5. The first kappa shape index (κ1) is 24.2. The minimum atomic E-state index is -1.08. The van der Waals surface area contributed by atoms with Crippen molar-refractivity contribution in [1.29, 1.82) is 0 Å². The zero-order valence-electron chi connectivity index (χ0n) is 18.3. The minimum absolute atomic E-state index is 0.0221. The van der Waals surface area contributed by atoms with Crippen LogP contribution in [0.15, 0.2) is 47.3 Å². The van der Waals surface area contributed by atoms with Crippen molar-refractivity contribution < 1.29 is 19.1 Å². The smallest absolute Gasteiger partial charge is 0.338 e. The van der Waals surface area contributed by atoms with E-state index < -0.39 is 29.3 Å². The molecular formula is C23H19Cl2N5O5. The van der Waals surface area contributed by atoms with Gasteiger partial charge in [-0.25, -0.2) is 4.79 Å². The highest BCUT2D eigenvalue weighted by molar-refractivity contribution is 6.36. The molecule has 4 N–H and O–H groups in total. The topological polar surface area (TPSA) is 142 Å². The number of fused-ring (bicyclic) bond motifs is 1. The molecule has 0 bridgehead atoms. The van der Waals surface area contributed by atoms with Gasteiger partial charge in [-0.1, -0.05) is 23.2 Å². The monoisotopic (exact) mass is 515 g/mol. The molecule has 180 valence electrons. The number of nitrogens with zero attached hydrogens (tertiary/aromatic N) is 1. The summed E-state index contributed by atoms with van der Waals surface area (Å²) in [6, 6.07) is 10.8. The van der Waals surface area contributed by atoms with Gasteiger partial charge in [-0.05, 0) is 49.4 Å². The lowest BCUT2D eigenvalue weighted by molar-refractivity contribution is -0.123. The van der Waals surface area contributed by atoms with Crippen molar-refractivity contribution >= 4 is 64.1 Å². The Balaban J connectivity index is 1.57. The van der Waals surface area contributed by atoms with Crippen LogP contribution in [0, 0.1) is 0 Å². The fourth-order valence-electron chi connectivity index (χ4n) is 3.51. The lowest BCUT2D eigenvalue weighted by atomic mass is 9.92. The van der Waals surface area contributed by atoms with E-state index in [1.165, 1.54) is 30.3 Å². The molecule has 12 heteroatoms. The third-order valence-corrected chi connectivity index (χ3v) is 5.66. The second-order valence-electron chi connectivity index (χ2n) is 7.52. The third kappa shape index (κ3) is 5.44. The molecule has 0 saturated heterocycles. The van der Waals surface area contributed by atoms with Gasteiger partial charge in [-0.3, -0.25) is 19.4 Å². The summed E-state index contributed by atoms with van der Waals surface area (Å²) in [5.74, 6) is -2.61. The number of halogens is 2. The van der Waals surface area contributed by atoms with E-state index in [1.54, 1.807) is 19.1 Å². The van der Waals surface area contributed by atoms with E-state index in [9.17, 15) is 19.2 Å². The number of H-pyrrole nitrogens is 1. The molecule has 0 unspecified atom stereocenters. The molecular weight excluding hydrogens is 497 g/mol. The first-order valence-corrected chi connectivity index (χ1v) is 11.2. The predicted octanol–water partition coefficient (Wildman–Crippen LogP) is 4.06. The highest BCUT2D eigenvalue weighted by Crippen LogP contribution is 2.31. The maximum atomic E-state index is 13.0. The average molecular weight is 516 g/mol. The zero-order chi connectivity index (χ0) is 25.1. The third-order valence-electron chi connectivity index (χ3n) is 5.12. The van der Waals surface area contributed by atoms with Crippen LogP contribution >= 0.6 is 23.2 Å². The lowest BCUT2D eigenvalue weighted by Gasteiger charge is -2.23. The number of benzene rings is 2. The maximum Gasteiger partial charge on any atom is 0.338 e. The van der Waals surface area contributed by atoms with E-state index >= 15 is 0 Å². The minimum Gasteiger partial charge on any atom is -0.462 e. The number of amides is 2. The number of carbonyl (C=O) groups excluding carboxylic acids is 3. The van der Waals surface area contributed by atoms with Crippen LogP contribution in [0.2, 0.25) is 10.0 Å². The number of carbonyl (C=O) groups is 3. The van der Waals surface area contributed by atoms with Crippen LogP contribution in [0.25, 0.3) is 0 Å². The van der Waals surface area contributed by atoms with Crippen molar-refractivity contribution in [2.45, 2.75) is 19.3 Å². The van der Waals surface area contributed by atoms with Crippen LogP contribution in [-0.2, 0) is 14.3 Å². The van der Waals surface area contributed by atoms with E-state index in [2.05, 4.69) is 25.9 Å². The summed E-state index contributed by atoms with van der Waals surface area (Å²) in [6.45, 7) is 1.94. The highest BCUT2D eigenvalue weighted by Gasteiger charge is 2.35. The molecule has 0 fully saturated rings. The van der Waals surface area contributed by atoms with Gasteiger partial charge in [0.15, 0.2) is 0 Å². The van der Waals surface area contributed by atoms with Crippen LogP contribution in [-0.4, -0.2) is 34.4 Å². The van der Waals surface area contributed by atoms with Gasteiger partial charge in [0.25, 0.3) is 5.56 Å². The Kier molecular flexibility index (Phi) is 7.04. The summed E-state index contributed by atoms with van der Waals surface area (Å²) in [7, 11) is 0. The van der Waals surface area contributed by atoms with Crippen LogP contribution in [0.5, 0.6) is 0 Å².